The van der Waals surface area contributed by atoms with Crippen molar-refractivity contribution in [3.05, 3.63) is 167 Å². The van der Waals surface area contributed by atoms with Gasteiger partial charge in [0.2, 0.25) is 11.5 Å². The first kappa shape index (κ1) is 42.6. The molecular weight excluding hydrogens is 813 g/mol. The molecule has 0 aromatic heterocycles. The normalized spacial score (nSPS) is 19.6. The van der Waals surface area contributed by atoms with Gasteiger partial charge in [0.05, 0.1) is 24.3 Å². The fraction of sp³-hybridized carbons (Fsp3) is 0.224. The number of rotatable bonds is 13. The Morgan fingerprint density at radius 3 is 1.41 bits per heavy atom. The molecule has 0 unspecified atom stereocenters. The van der Waals surface area contributed by atoms with Gasteiger partial charge in [-0.15, -0.1) is 0 Å². The van der Waals surface area contributed by atoms with Gasteiger partial charge in [-0.2, -0.15) is 0 Å². The summed E-state index contributed by atoms with van der Waals surface area (Å²) in [6, 6.07) is 38.3. The number of hydrogen-bond acceptors (Lipinski definition) is 14. The van der Waals surface area contributed by atoms with E-state index in [4.69, 9.17) is 37.9 Å². The van der Waals surface area contributed by atoms with Crippen LogP contribution in [0, 0.1) is 0 Å². The zero-order chi connectivity index (χ0) is 43.9. The average Bonchev–Trinajstić information content (AvgIpc) is 3.32. The number of ether oxygens (including phenoxy) is 8. The summed E-state index contributed by atoms with van der Waals surface area (Å²) in [4.78, 5) is 29.2. The van der Waals surface area contributed by atoms with Gasteiger partial charge in [-0.05, 0) is 34.4 Å². The lowest BCUT2D eigenvalue weighted by atomic mass is 9.91. The minimum Gasteiger partial charge on any atom is -0.504 e. The number of carbonyl (C=O) groups excluding carboxylic acids is 2. The van der Waals surface area contributed by atoms with Crippen LogP contribution in [-0.2, 0) is 54.8 Å². The zero-order valence-electron chi connectivity index (χ0n) is 34.0. The molecule has 14 nitrogen and oxygen atoms in total. The molecular formula is C49H44O14. The molecule has 0 spiro atoms. The van der Waals surface area contributed by atoms with Crippen molar-refractivity contribution >= 4 is 11.9 Å². The molecule has 1 saturated heterocycles. The second-order valence-electron chi connectivity index (χ2n) is 14.8. The van der Waals surface area contributed by atoms with Crippen LogP contribution in [0.2, 0.25) is 0 Å². The van der Waals surface area contributed by atoms with Crippen LogP contribution in [0.15, 0.2) is 133 Å². The van der Waals surface area contributed by atoms with E-state index in [9.17, 15) is 30.0 Å². The molecule has 6 aromatic rings. The third kappa shape index (κ3) is 9.39. The summed E-state index contributed by atoms with van der Waals surface area (Å²) in [5, 5.41) is 46.9. The van der Waals surface area contributed by atoms with Gasteiger partial charge in [0, 0.05) is 18.2 Å². The Labute approximate surface area is 362 Å². The van der Waals surface area contributed by atoms with Crippen LogP contribution in [0.5, 0.6) is 34.5 Å². The van der Waals surface area contributed by atoms with Gasteiger partial charge < -0.3 is 58.3 Å². The lowest BCUT2D eigenvalue weighted by Crippen LogP contribution is -2.62. The van der Waals surface area contributed by atoms with E-state index in [0.717, 1.165) is 23.3 Å². The average molecular weight is 857 g/mol. The fourth-order valence-corrected chi connectivity index (χ4v) is 7.51. The Morgan fingerprint density at radius 1 is 0.556 bits per heavy atom. The third-order valence-electron chi connectivity index (χ3n) is 10.6. The maximum Gasteiger partial charge on any atom is 0.339 e. The van der Waals surface area contributed by atoms with Crippen molar-refractivity contribution in [3.8, 4) is 45.6 Å². The van der Waals surface area contributed by atoms with Crippen molar-refractivity contribution in [3.63, 3.8) is 0 Å². The molecule has 0 saturated carbocycles. The predicted octanol–water partition coefficient (Wildman–Crippen LogP) is 7.57. The van der Waals surface area contributed by atoms with E-state index in [1.165, 1.54) is 7.11 Å². The molecule has 2 aliphatic heterocycles. The Hall–Kier alpha value is -7.10. The smallest absolute Gasteiger partial charge is 0.339 e. The highest BCUT2D eigenvalue weighted by Gasteiger charge is 2.51. The third-order valence-corrected chi connectivity index (χ3v) is 10.6. The molecule has 63 heavy (non-hydrogen) atoms. The van der Waals surface area contributed by atoms with E-state index in [-0.39, 0.29) is 26.4 Å². The molecule has 14 heteroatoms. The molecule has 2 heterocycles. The fourth-order valence-electron chi connectivity index (χ4n) is 7.51. The Kier molecular flexibility index (Phi) is 13.0. The van der Waals surface area contributed by atoms with E-state index < -0.39 is 106 Å². The first-order chi connectivity index (χ1) is 30.7. The highest BCUT2D eigenvalue weighted by molar-refractivity contribution is 6.08. The Bertz CT molecular complexity index is 2520. The number of phenols is 4. The van der Waals surface area contributed by atoms with Gasteiger partial charge in [0.1, 0.15) is 38.1 Å². The number of aromatic hydroxyl groups is 4. The van der Waals surface area contributed by atoms with Crippen LogP contribution in [0.3, 0.4) is 0 Å². The molecule has 1 fully saturated rings. The van der Waals surface area contributed by atoms with Crippen LogP contribution in [-0.4, -0.2) is 76.8 Å². The minimum atomic E-state index is -1.39. The van der Waals surface area contributed by atoms with Crippen molar-refractivity contribution in [1.29, 1.82) is 0 Å². The number of methoxy groups -OCH3 is 1. The second-order valence-corrected chi connectivity index (χ2v) is 14.8. The topological polar surface area (TPSA) is 189 Å². The SMILES string of the molecule is CO[C@H]1O[C@@H]2COC(=O)c3cc(O)c(OCc4ccccc4)c(O)c3-c3c(cc(O)c(OCc4ccccc4)c3O)C(=O)O[C@H]2[C@H](OCc2ccccc2)[C@H]1OCc1ccccc1. The van der Waals surface area contributed by atoms with Crippen molar-refractivity contribution in [2.24, 2.45) is 0 Å². The van der Waals surface area contributed by atoms with Crippen LogP contribution < -0.4 is 9.47 Å². The molecule has 0 bridgehead atoms. The number of benzene rings is 6. The summed E-state index contributed by atoms with van der Waals surface area (Å²) in [5.41, 5.74) is 0.956. The summed E-state index contributed by atoms with van der Waals surface area (Å²) in [6.07, 6.45) is -5.95. The first-order valence-corrected chi connectivity index (χ1v) is 20.1. The zero-order valence-corrected chi connectivity index (χ0v) is 34.0. The van der Waals surface area contributed by atoms with Gasteiger partial charge in [-0.3, -0.25) is 0 Å². The maximum atomic E-state index is 14.9. The number of hydrogen-bond donors (Lipinski definition) is 4. The summed E-state index contributed by atoms with van der Waals surface area (Å²) >= 11 is 0. The van der Waals surface area contributed by atoms with E-state index in [1.54, 1.807) is 60.7 Å². The van der Waals surface area contributed by atoms with Crippen LogP contribution >= 0.6 is 0 Å². The molecule has 6 aromatic carbocycles. The van der Waals surface area contributed by atoms with Gasteiger partial charge >= 0.3 is 11.9 Å². The van der Waals surface area contributed by atoms with Gasteiger partial charge in [-0.1, -0.05) is 121 Å². The summed E-state index contributed by atoms with van der Waals surface area (Å²) in [7, 11) is 1.40. The number of cyclic esters (lactones) is 1. The van der Waals surface area contributed by atoms with Gasteiger partial charge in [0.25, 0.3) is 0 Å². The Balaban J connectivity index is 1.25. The van der Waals surface area contributed by atoms with E-state index in [1.807, 2.05) is 60.7 Å². The molecule has 4 N–H and O–H groups in total. The summed E-state index contributed by atoms with van der Waals surface area (Å²) in [5.74, 6) is -6.24. The standard InChI is InChI=1S/C49H44O14/c1-56-49-46(60-27-32-20-12-5-13-21-32)45(59-26-31-18-10-4-11-19-31)44-37(62-49)28-61-47(54)33-22-35(50)42(57-24-29-14-6-2-7-15-29)40(52)38(33)39-34(48(55)63-44)23-36(51)43(41(39)53)58-25-30-16-8-3-9-17-30/h2-23,37,44-46,49-53H,24-28H2,1H3/t37-,44-,45+,46-,49+/m1/s1. The van der Waals surface area contributed by atoms with E-state index in [0.29, 0.717) is 11.1 Å². The van der Waals surface area contributed by atoms with Gasteiger partial charge in [-0.25, -0.2) is 9.59 Å². The number of fused-ring (bicyclic) bond motifs is 4. The molecule has 324 valence electrons. The summed E-state index contributed by atoms with van der Waals surface area (Å²) < 4.78 is 49.0. The van der Waals surface area contributed by atoms with E-state index >= 15 is 0 Å². The molecule has 2 aliphatic rings. The molecule has 0 amide bonds. The van der Waals surface area contributed by atoms with Crippen molar-refractivity contribution in [1.82, 2.24) is 0 Å². The number of carbonyl (C=O) groups is 2. The van der Waals surface area contributed by atoms with E-state index in [2.05, 4.69) is 0 Å². The first-order valence-electron chi connectivity index (χ1n) is 20.1. The maximum absolute atomic E-state index is 14.9. The highest BCUT2D eigenvalue weighted by atomic mass is 16.7. The lowest BCUT2D eigenvalue weighted by molar-refractivity contribution is -0.313. The van der Waals surface area contributed by atoms with Crippen LogP contribution in [0.25, 0.3) is 11.1 Å². The molecule has 0 aliphatic carbocycles. The predicted molar refractivity (Wildman–Crippen MR) is 225 cm³/mol. The molecule has 5 atom stereocenters. The number of phenolic OH excluding ortho intramolecular Hbond substituents is 4. The number of esters is 2. The van der Waals surface area contributed by atoms with Crippen LogP contribution in [0.1, 0.15) is 43.0 Å². The van der Waals surface area contributed by atoms with Gasteiger partial charge in [0.15, 0.2) is 35.4 Å². The van der Waals surface area contributed by atoms with Crippen LogP contribution in [0.4, 0.5) is 0 Å². The molecule has 0 radical (unpaired) electrons. The largest absolute Gasteiger partial charge is 0.504 e. The quantitative estimate of drug-likeness (QED) is 0.0833. The second kappa shape index (κ2) is 19.3. The lowest BCUT2D eigenvalue weighted by Gasteiger charge is -2.44. The Morgan fingerprint density at radius 2 is 0.968 bits per heavy atom. The highest BCUT2D eigenvalue weighted by Crippen LogP contribution is 2.54. The minimum absolute atomic E-state index is 0.0261. The van der Waals surface area contributed by atoms with Crippen molar-refractivity contribution in [2.75, 3.05) is 13.7 Å². The van der Waals surface area contributed by atoms with Crippen molar-refractivity contribution in [2.45, 2.75) is 57.1 Å². The summed E-state index contributed by atoms with van der Waals surface area (Å²) in [6.45, 7) is -0.715. The van der Waals surface area contributed by atoms with Crippen molar-refractivity contribution < 1.29 is 67.9 Å². The monoisotopic (exact) mass is 856 g/mol. The molecule has 8 rings (SSSR count).